The summed E-state index contributed by atoms with van der Waals surface area (Å²) in [7, 11) is 0. The van der Waals surface area contributed by atoms with E-state index in [1.165, 1.54) is 12.1 Å². The molecule has 3 aromatic carbocycles. The van der Waals surface area contributed by atoms with Gasteiger partial charge in [-0.3, -0.25) is 24.1 Å². The normalized spacial score (nSPS) is 12.3. The third-order valence-corrected chi connectivity index (χ3v) is 4.98. The highest BCUT2D eigenvalue weighted by Gasteiger charge is 2.35. The van der Waals surface area contributed by atoms with Gasteiger partial charge in [0.05, 0.1) is 17.5 Å². The molecule has 172 valence electrons. The lowest BCUT2D eigenvalue weighted by atomic mass is 10.1. The number of hydrogen-bond acceptors (Lipinski definition) is 6. The van der Waals surface area contributed by atoms with E-state index >= 15 is 0 Å². The van der Waals surface area contributed by atoms with Gasteiger partial charge in [-0.05, 0) is 54.6 Å². The molecule has 9 nitrogen and oxygen atoms in total. The van der Waals surface area contributed by atoms with Crippen molar-refractivity contribution in [2.24, 2.45) is 0 Å². The SMILES string of the molecule is O=C(O)CCN1C(=O)c2ccc(Oc3ccc(NC(=O)COc4ccccc4)cc3)cc2C1=O. The molecule has 1 aliphatic rings. The number of imide groups is 1. The van der Waals surface area contributed by atoms with E-state index in [-0.39, 0.29) is 36.6 Å². The minimum Gasteiger partial charge on any atom is -0.484 e. The van der Waals surface area contributed by atoms with Gasteiger partial charge in [-0.25, -0.2) is 0 Å². The molecule has 0 aliphatic carbocycles. The van der Waals surface area contributed by atoms with Crippen LogP contribution in [0.15, 0.2) is 72.8 Å². The Hall–Kier alpha value is -4.66. The summed E-state index contributed by atoms with van der Waals surface area (Å²) in [4.78, 5) is 48.7. The zero-order valence-electron chi connectivity index (χ0n) is 17.9. The van der Waals surface area contributed by atoms with Gasteiger partial charge < -0.3 is 19.9 Å². The number of carboxylic acids is 1. The number of para-hydroxylation sites is 1. The molecule has 1 heterocycles. The Bertz CT molecular complexity index is 1240. The van der Waals surface area contributed by atoms with E-state index in [1.807, 2.05) is 18.2 Å². The van der Waals surface area contributed by atoms with Crippen LogP contribution in [0.1, 0.15) is 27.1 Å². The van der Waals surface area contributed by atoms with E-state index in [1.54, 1.807) is 42.5 Å². The molecule has 0 aromatic heterocycles. The van der Waals surface area contributed by atoms with Gasteiger partial charge in [-0.15, -0.1) is 0 Å². The van der Waals surface area contributed by atoms with Gasteiger partial charge in [0, 0.05) is 12.2 Å². The lowest BCUT2D eigenvalue weighted by molar-refractivity contribution is -0.137. The lowest BCUT2D eigenvalue weighted by Crippen LogP contribution is -2.31. The molecule has 0 bridgehead atoms. The summed E-state index contributed by atoms with van der Waals surface area (Å²) in [5.74, 6) is -1.09. The number of amides is 3. The molecular weight excluding hydrogens is 440 g/mol. The van der Waals surface area contributed by atoms with Crippen molar-refractivity contribution in [2.75, 3.05) is 18.5 Å². The lowest BCUT2D eigenvalue weighted by Gasteiger charge is -2.11. The van der Waals surface area contributed by atoms with E-state index < -0.39 is 17.8 Å². The average molecular weight is 460 g/mol. The Morgan fingerprint density at radius 2 is 1.50 bits per heavy atom. The average Bonchev–Trinajstić information content (AvgIpc) is 3.07. The predicted molar refractivity (Wildman–Crippen MR) is 121 cm³/mol. The number of nitrogens with zero attached hydrogens (tertiary/aromatic N) is 1. The van der Waals surface area contributed by atoms with E-state index in [0.717, 1.165) is 4.90 Å². The molecule has 0 unspecified atom stereocenters. The van der Waals surface area contributed by atoms with E-state index in [4.69, 9.17) is 14.6 Å². The highest BCUT2D eigenvalue weighted by molar-refractivity contribution is 6.21. The van der Waals surface area contributed by atoms with Crippen molar-refractivity contribution in [3.05, 3.63) is 83.9 Å². The number of aliphatic carboxylic acids is 1. The van der Waals surface area contributed by atoms with Crippen LogP contribution in [0.3, 0.4) is 0 Å². The molecule has 3 amide bonds. The summed E-state index contributed by atoms with van der Waals surface area (Å²) in [6.45, 7) is -0.324. The fraction of sp³-hybridized carbons (Fsp3) is 0.120. The topological polar surface area (TPSA) is 122 Å². The summed E-state index contributed by atoms with van der Waals surface area (Å²) in [6, 6.07) is 20.1. The zero-order chi connectivity index (χ0) is 24.1. The minimum atomic E-state index is -1.09. The Morgan fingerprint density at radius 3 is 2.21 bits per heavy atom. The first-order chi connectivity index (χ1) is 16.4. The van der Waals surface area contributed by atoms with Crippen LogP contribution >= 0.6 is 0 Å². The minimum absolute atomic E-state index is 0.131. The number of anilines is 1. The largest absolute Gasteiger partial charge is 0.484 e. The van der Waals surface area contributed by atoms with Crippen molar-refractivity contribution in [3.63, 3.8) is 0 Å². The standard InChI is InChI=1S/C25H20N2O7/c28-22(15-33-17-4-2-1-3-5-17)26-16-6-8-18(9-7-16)34-19-10-11-20-21(14-19)25(32)27(24(20)31)13-12-23(29)30/h1-11,14H,12-13,15H2,(H,26,28)(H,29,30). The van der Waals surface area contributed by atoms with Crippen LogP contribution in [0.4, 0.5) is 5.69 Å². The predicted octanol–water partition coefficient (Wildman–Crippen LogP) is 3.57. The number of ether oxygens (including phenoxy) is 2. The van der Waals surface area contributed by atoms with Gasteiger partial charge in [-0.2, -0.15) is 0 Å². The maximum atomic E-state index is 12.5. The first-order valence-corrected chi connectivity index (χ1v) is 10.4. The molecule has 1 aliphatic heterocycles. The summed E-state index contributed by atoms with van der Waals surface area (Å²) < 4.78 is 11.2. The van der Waals surface area contributed by atoms with Crippen LogP contribution in [0, 0.1) is 0 Å². The van der Waals surface area contributed by atoms with Crippen molar-refractivity contribution < 1.29 is 33.8 Å². The van der Waals surface area contributed by atoms with Crippen molar-refractivity contribution in [1.82, 2.24) is 4.90 Å². The monoisotopic (exact) mass is 460 g/mol. The van der Waals surface area contributed by atoms with Gasteiger partial charge in [0.1, 0.15) is 17.2 Å². The molecule has 3 aromatic rings. The Morgan fingerprint density at radius 1 is 0.824 bits per heavy atom. The molecule has 0 atom stereocenters. The van der Waals surface area contributed by atoms with Crippen LogP contribution < -0.4 is 14.8 Å². The third kappa shape index (κ3) is 5.21. The highest BCUT2D eigenvalue weighted by atomic mass is 16.5. The number of rotatable bonds is 9. The second kappa shape index (κ2) is 9.86. The second-order valence-electron chi connectivity index (χ2n) is 7.39. The second-order valence-corrected chi connectivity index (χ2v) is 7.39. The first kappa shape index (κ1) is 22.5. The number of fused-ring (bicyclic) bond motifs is 1. The van der Waals surface area contributed by atoms with E-state index in [2.05, 4.69) is 5.32 Å². The molecular formula is C25H20N2O7. The molecule has 4 rings (SSSR count). The van der Waals surface area contributed by atoms with Crippen molar-refractivity contribution >= 4 is 29.4 Å². The van der Waals surface area contributed by atoms with Crippen LogP contribution in [-0.4, -0.2) is 46.8 Å². The molecule has 0 saturated heterocycles. The smallest absolute Gasteiger partial charge is 0.305 e. The first-order valence-electron chi connectivity index (χ1n) is 10.4. The molecule has 0 radical (unpaired) electrons. The molecule has 0 spiro atoms. The van der Waals surface area contributed by atoms with Gasteiger partial charge in [0.15, 0.2) is 6.61 Å². The Balaban J connectivity index is 1.35. The quantitative estimate of drug-likeness (QED) is 0.468. The van der Waals surface area contributed by atoms with Gasteiger partial charge >= 0.3 is 5.97 Å². The Labute approximate surface area is 194 Å². The highest BCUT2D eigenvalue weighted by Crippen LogP contribution is 2.30. The van der Waals surface area contributed by atoms with Crippen LogP contribution in [0.2, 0.25) is 0 Å². The van der Waals surface area contributed by atoms with Crippen LogP contribution in [0.25, 0.3) is 0 Å². The molecule has 2 N–H and O–H groups in total. The van der Waals surface area contributed by atoms with Crippen molar-refractivity contribution in [3.8, 4) is 17.2 Å². The molecule has 0 saturated carbocycles. The van der Waals surface area contributed by atoms with E-state index in [9.17, 15) is 19.2 Å². The number of carbonyl (C=O) groups is 4. The van der Waals surface area contributed by atoms with Gasteiger partial charge in [0.2, 0.25) is 0 Å². The fourth-order valence-electron chi connectivity index (χ4n) is 3.35. The van der Waals surface area contributed by atoms with Crippen molar-refractivity contribution in [1.29, 1.82) is 0 Å². The maximum absolute atomic E-state index is 12.5. The fourth-order valence-corrected chi connectivity index (χ4v) is 3.35. The van der Waals surface area contributed by atoms with Crippen molar-refractivity contribution in [2.45, 2.75) is 6.42 Å². The summed E-state index contributed by atoms with van der Waals surface area (Å²) in [5.41, 5.74) is 0.923. The summed E-state index contributed by atoms with van der Waals surface area (Å²) in [6.07, 6.45) is -0.323. The van der Waals surface area contributed by atoms with Gasteiger partial charge in [-0.1, -0.05) is 18.2 Å². The van der Waals surface area contributed by atoms with Gasteiger partial charge in [0.25, 0.3) is 17.7 Å². The number of benzene rings is 3. The summed E-state index contributed by atoms with van der Waals surface area (Å²) in [5, 5.41) is 11.5. The molecule has 34 heavy (non-hydrogen) atoms. The van der Waals surface area contributed by atoms with E-state index in [0.29, 0.717) is 22.9 Å². The number of hydrogen-bond donors (Lipinski definition) is 2. The van der Waals surface area contributed by atoms with Crippen LogP contribution in [-0.2, 0) is 9.59 Å². The number of carbonyl (C=O) groups excluding carboxylic acids is 3. The van der Waals surface area contributed by atoms with Crippen LogP contribution in [0.5, 0.6) is 17.2 Å². The number of carboxylic acid groups (broad SMARTS) is 1. The number of nitrogens with one attached hydrogen (secondary N) is 1. The summed E-state index contributed by atoms with van der Waals surface area (Å²) >= 11 is 0. The molecule has 9 heteroatoms. The maximum Gasteiger partial charge on any atom is 0.305 e. The Kier molecular flexibility index (Phi) is 6.54. The molecule has 0 fully saturated rings. The zero-order valence-corrected chi connectivity index (χ0v) is 17.9. The third-order valence-electron chi connectivity index (χ3n) is 4.98.